The zero-order chi connectivity index (χ0) is 31.5. The van der Waals surface area contributed by atoms with Gasteiger partial charge in [-0.2, -0.15) is 0 Å². The predicted molar refractivity (Wildman–Crippen MR) is 173 cm³/mol. The van der Waals surface area contributed by atoms with Crippen LogP contribution in [0.3, 0.4) is 0 Å². The van der Waals surface area contributed by atoms with Crippen molar-refractivity contribution in [3.63, 3.8) is 0 Å². The molecular weight excluding hydrogens is 566 g/mol. The van der Waals surface area contributed by atoms with Crippen LogP contribution in [-0.2, 0) is 14.3 Å². The van der Waals surface area contributed by atoms with E-state index in [0.717, 1.165) is 33.0 Å². The highest BCUT2D eigenvalue weighted by Crippen LogP contribution is 2.38. The maximum atomic E-state index is 13.8. The number of nitrogens with zero attached hydrogens (tertiary/aromatic N) is 2. The lowest BCUT2D eigenvalue weighted by Crippen LogP contribution is -2.54. The van der Waals surface area contributed by atoms with Crippen molar-refractivity contribution >= 4 is 35.6 Å². The van der Waals surface area contributed by atoms with Crippen molar-refractivity contribution in [2.45, 2.75) is 13.8 Å². The lowest BCUT2D eigenvalue weighted by molar-refractivity contribution is -0.122. The molecule has 1 N–H and O–H groups in total. The number of imide groups is 2. The standard InChI is InChI=1S/C37H29N3O5/c1-3-45-36(43)27-16-20-29(21-17-27)39-32(25-10-6-4-7-11-25)23-28(33(39)26-12-8-5-9-13-26)22-31-34(41)38-37(44)40(35(31)42)30-18-14-24(2)15-19-30/h4-23H,3H2,1-2H3,(H,38,41,44). The summed E-state index contributed by atoms with van der Waals surface area (Å²) in [6.45, 7) is 3.93. The monoisotopic (exact) mass is 595 g/mol. The number of aromatic nitrogens is 1. The lowest BCUT2D eigenvalue weighted by atomic mass is 10.0. The molecule has 0 atom stereocenters. The van der Waals surface area contributed by atoms with Crippen LogP contribution in [0.2, 0.25) is 0 Å². The number of barbiturate groups is 1. The average molecular weight is 596 g/mol. The number of urea groups is 1. The van der Waals surface area contributed by atoms with E-state index in [4.69, 9.17) is 4.74 Å². The molecule has 5 aromatic rings. The van der Waals surface area contributed by atoms with Crippen molar-refractivity contribution in [3.8, 4) is 28.2 Å². The number of carbonyl (C=O) groups excluding carboxylic acids is 4. The van der Waals surface area contributed by atoms with E-state index in [0.29, 0.717) is 22.5 Å². The molecule has 6 rings (SSSR count). The molecule has 1 saturated heterocycles. The third-order valence-electron chi connectivity index (χ3n) is 7.48. The van der Waals surface area contributed by atoms with Crippen LogP contribution >= 0.6 is 0 Å². The Bertz CT molecular complexity index is 1940. The Balaban J connectivity index is 1.57. The summed E-state index contributed by atoms with van der Waals surface area (Å²) in [6, 6.07) is 34.4. The van der Waals surface area contributed by atoms with Crippen molar-refractivity contribution < 1.29 is 23.9 Å². The maximum absolute atomic E-state index is 13.8. The van der Waals surface area contributed by atoms with Crippen molar-refractivity contribution in [1.29, 1.82) is 0 Å². The Morgan fingerprint density at radius 1 is 0.778 bits per heavy atom. The van der Waals surface area contributed by atoms with Crippen molar-refractivity contribution in [2.75, 3.05) is 11.5 Å². The zero-order valence-corrected chi connectivity index (χ0v) is 24.7. The number of benzene rings is 4. The molecule has 0 saturated carbocycles. The minimum absolute atomic E-state index is 0.179. The summed E-state index contributed by atoms with van der Waals surface area (Å²) in [4.78, 5) is 53.2. The van der Waals surface area contributed by atoms with Crippen LogP contribution in [0.15, 0.2) is 121 Å². The number of aryl methyl sites for hydroxylation is 1. The number of amides is 4. The van der Waals surface area contributed by atoms with Crippen molar-refractivity contribution in [3.05, 3.63) is 138 Å². The van der Waals surface area contributed by atoms with Crippen LogP contribution in [0.25, 0.3) is 34.3 Å². The van der Waals surface area contributed by atoms with Crippen LogP contribution in [0, 0.1) is 6.92 Å². The highest BCUT2D eigenvalue weighted by atomic mass is 16.5. The predicted octanol–water partition coefficient (Wildman–Crippen LogP) is 6.96. The molecule has 1 aliphatic heterocycles. The number of rotatable bonds is 7. The summed E-state index contributed by atoms with van der Waals surface area (Å²) >= 11 is 0. The number of hydrogen-bond acceptors (Lipinski definition) is 5. The summed E-state index contributed by atoms with van der Waals surface area (Å²) in [5.41, 5.74) is 6.13. The van der Waals surface area contributed by atoms with Gasteiger partial charge in [-0.25, -0.2) is 14.5 Å². The number of esters is 1. The fourth-order valence-corrected chi connectivity index (χ4v) is 5.32. The van der Waals surface area contributed by atoms with Crippen molar-refractivity contribution in [2.24, 2.45) is 0 Å². The molecule has 0 bridgehead atoms. The molecule has 4 amide bonds. The Morgan fingerprint density at radius 2 is 1.38 bits per heavy atom. The summed E-state index contributed by atoms with van der Waals surface area (Å²) < 4.78 is 7.20. The molecule has 8 nitrogen and oxygen atoms in total. The van der Waals surface area contributed by atoms with E-state index < -0.39 is 23.8 Å². The molecule has 1 aromatic heterocycles. The first-order valence-electron chi connectivity index (χ1n) is 14.5. The highest BCUT2D eigenvalue weighted by molar-refractivity contribution is 6.39. The molecule has 8 heteroatoms. The van der Waals surface area contributed by atoms with E-state index in [1.807, 2.05) is 90.4 Å². The first kappa shape index (κ1) is 29.1. The topological polar surface area (TPSA) is 97.7 Å². The minimum atomic E-state index is -0.807. The van der Waals surface area contributed by atoms with Gasteiger partial charge in [-0.1, -0.05) is 78.4 Å². The first-order valence-corrected chi connectivity index (χ1v) is 14.5. The number of nitrogens with one attached hydrogen (secondary N) is 1. The van der Waals surface area contributed by atoms with Crippen LogP contribution in [0.5, 0.6) is 0 Å². The van der Waals surface area contributed by atoms with Gasteiger partial charge in [-0.15, -0.1) is 0 Å². The van der Waals surface area contributed by atoms with E-state index in [1.165, 1.54) is 6.08 Å². The molecule has 0 unspecified atom stereocenters. The molecule has 0 radical (unpaired) electrons. The van der Waals surface area contributed by atoms with Crippen molar-refractivity contribution in [1.82, 2.24) is 9.88 Å². The molecular formula is C37H29N3O5. The van der Waals surface area contributed by atoms with Gasteiger partial charge in [-0.3, -0.25) is 14.9 Å². The second kappa shape index (κ2) is 12.3. The van der Waals surface area contributed by atoms with Gasteiger partial charge in [0.25, 0.3) is 11.8 Å². The number of ether oxygens (including phenoxy) is 1. The third-order valence-corrected chi connectivity index (χ3v) is 7.48. The molecule has 4 aromatic carbocycles. The Kier molecular flexibility index (Phi) is 7.95. The molecule has 1 aliphatic rings. The van der Waals surface area contributed by atoms with E-state index in [1.54, 1.807) is 43.3 Å². The van der Waals surface area contributed by atoms with Gasteiger partial charge < -0.3 is 9.30 Å². The largest absolute Gasteiger partial charge is 0.462 e. The second-order valence-electron chi connectivity index (χ2n) is 10.5. The minimum Gasteiger partial charge on any atom is -0.462 e. The van der Waals surface area contributed by atoms with Gasteiger partial charge in [0.15, 0.2) is 0 Å². The molecule has 0 spiro atoms. The Labute approximate surface area is 260 Å². The fourth-order valence-electron chi connectivity index (χ4n) is 5.32. The first-order chi connectivity index (χ1) is 21.9. The zero-order valence-electron chi connectivity index (χ0n) is 24.7. The van der Waals surface area contributed by atoms with Gasteiger partial charge in [0, 0.05) is 11.3 Å². The van der Waals surface area contributed by atoms with Crippen LogP contribution in [0.1, 0.15) is 28.4 Å². The van der Waals surface area contributed by atoms with Crippen LogP contribution in [-0.4, -0.2) is 35.0 Å². The van der Waals surface area contributed by atoms with Gasteiger partial charge in [0.2, 0.25) is 0 Å². The quantitative estimate of drug-likeness (QED) is 0.125. The fraction of sp³-hybridized carbons (Fsp3) is 0.0811. The van der Waals surface area contributed by atoms with E-state index >= 15 is 0 Å². The number of carbonyl (C=O) groups is 4. The third kappa shape index (κ3) is 5.69. The van der Waals surface area contributed by atoms with E-state index in [9.17, 15) is 19.2 Å². The van der Waals surface area contributed by atoms with Gasteiger partial charge >= 0.3 is 12.0 Å². The maximum Gasteiger partial charge on any atom is 0.338 e. The SMILES string of the molecule is CCOC(=O)c1ccc(-n2c(-c3ccccc3)cc(C=C3C(=O)NC(=O)N(c4ccc(C)cc4)C3=O)c2-c2ccccc2)cc1. The van der Waals surface area contributed by atoms with Crippen LogP contribution < -0.4 is 10.2 Å². The summed E-state index contributed by atoms with van der Waals surface area (Å²) in [6.07, 6.45) is 1.53. The smallest absolute Gasteiger partial charge is 0.338 e. The summed E-state index contributed by atoms with van der Waals surface area (Å²) in [7, 11) is 0. The molecule has 222 valence electrons. The van der Waals surface area contributed by atoms with E-state index in [2.05, 4.69) is 5.32 Å². The normalized spacial score (nSPS) is 14.0. The number of anilines is 1. The van der Waals surface area contributed by atoms with Gasteiger partial charge in [0.1, 0.15) is 5.57 Å². The summed E-state index contributed by atoms with van der Waals surface area (Å²) in [5, 5.41) is 2.32. The number of hydrogen-bond donors (Lipinski definition) is 1. The van der Waals surface area contributed by atoms with E-state index in [-0.39, 0.29) is 12.2 Å². The molecule has 0 aliphatic carbocycles. The molecule has 45 heavy (non-hydrogen) atoms. The second-order valence-corrected chi connectivity index (χ2v) is 10.5. The molecule has 1 fully saturated rings. The Morgan fingerprint density at radius 3 is 2.00 bits per heavy atom. The Hall–Kier alpha value is -6.02. The highest BCUT2D eigenvalue weighted by Gasteiger charge is 2.37. The molecule has 2 heterocycles. The van der Waals surface area contributed by atoms with Crippen LogP contribution in [0.4, 0.5) is 10.5 Å². The van der Waals surface area contributed by atoms with Gasteiger partial charge in [0.05, 0.1) is 29.2 Å². The summed E-state index contributed by atoms with van der Waals surface area (Å²) in [5.74, 6) is -1.91. The lowest BCUT2D eigenvalue weighted by Gasteiger charge is -2.26. The average Bonchev–Trinajstić information content (AvgIpc) is 3.44. The van der Waals surface area contributed by atoms with Gasteiger partial charge in [-0.05, 0) is 73.5 Å².